The standard InChI is InChI=1S/C20H26N2O5S/c1-4-5-13-27-20(23)16(2)22(15-17-7-6-12-21-14-17)28(24,25)19-10-8-18(26-3)9-11-19/h6-12,14,16H,4-5,13,15H2,1-3H3/t16-/m0/s1. The highest BCUT2D eigenvalue weighted by atomic mass is 32.2. The van der Waals surface area contributed by atoms with Gasteiger partial charge in [-0.05, 0) is 49.2 Å². The van der Waals surface area contributed by atoms with Crippen molar-refractivity contribution >= 4 is 16.0 Å². The lowest BCUT2D eigenvalue weighted by Gasteiger charge is -2.27. The van der Waals surface area contributed by atoms with Gasteiger partial charge in [0.25, 0.3) is 0 Å². The van der Waals surface area contributed by atoms with E-state index in [2.05, 4.69) is 4.98 Å². The van der Waals surface area contributed by atoms with Crippen molar-refractivity contribution in [2.75, 3.05) is 13.7 Å². The van der Waals surface area contributed by atoms with Crippen molar-refractivity contribution in [2.45, 2.75) is 44.2 Å². The van der Waals surface area contributed by atoms with E-state index in [9.17, 15) is 13.2 Å². The molecule has 0 spiro atoms. The molecular weight excluding hydrogens is 380 g/mol. The smallest absolute Gasteiger partial charge is 0.324 e. The molecule has 0 amide bonds. The number of aromatic nitrogens is 1. The summed E-state index contributed by atoms with van der Waals surface area (Å²) in [7, 11) is -2.44. The largest absolute Gasteiger partial charge is 0.497 e. The molecule has 28 heavy (non-hydrogen) atoms. The van der Waals surface area contributed by atoms with E-state index in [1.54, 1.807) is 36.7 Å². The molecule has 0 fully saturated rings. The molecule has 0 unspecified atom stereocenters. The summed E-state index contributed by atoms with van der Waals surface area (Å²) in [5.74, 6) is -0.0285. The van der Waals surface area contributed by atoms with Crippen molar-refractivity contribution in [3.05, 3.63) is 54.4 Å². The summed E-state index contributed by atoms with van der Waals surface area (Å²) in [6, 6.07) is 8.55. The van der Waals surface area contributed by atoms with E-state index in [0.717, 1.165) is 17.1 Å². The van der Waals surface area contributed by atoms with Crippen molar-refractivity contribution in [3.63, 3.8) is 0 Å². The topological polar surface area (TPSA) is 85.8 Å². The molecule has 0 bridgehead atoms. The number of unbranched alkanes of at least 4 members (excludes halogenated alkanes) is 1. The summed E-state index contributed by atoms with van der Waals surface area (Å²) in [6.45, 7) is 3.79. The van der Waals surface area contributed by atoms with Gasteiger partial charge < -0.3 is 9.47 Å². The van der Waals surface area contributed by atoms with E-state index >= 15 is 0 Å². The summed E-state index contributed by atoms with van der Waals surface area (Å²) >= 11 is 0. The Balaban J connectivity index is 2.34. The molecule has 8 heteroatoms. The van der Waals surface area contributed by atoms with Gasteiger partial charge in [-0.3, -0.25) is 9.78 Å². The molecule has 1 aromatic heterocycles. The number of benzene rings is 1. The molecule has 152 valence electrons. The molecule has 0 aliphatic rings. The number of carbonyl (C=O) groups excluding carboxylic acids is 1. The average molecular weight is 407 g/mol. The van der Waals surface area contributed by atoms with Gasteiger partial charge in [-0.25, -0.2) is 8.42 Å². The van der Waals surface area contributed by atoms with Gasteiger partial charge in [-0.15, -0.1) is 0 Å². The number of rotatable bonds is 10. The average Bonchev–Trinajstić information content (AvgIpc) is 2.72. The SMILES string of the molecule is CCCCOC(=O)[C@H](C)N(Cc1cccnc1)S(=O)(=O)c1ccc(OC)cc1. The fraction of sp³-hybridized carbons (Fsp3) is 0.400. The van der Waals surface area contributed by atoms with Crippen LogP contribution in [0.3, 0.4) is 0 Å². The van der Waals surface area contributed by atoms with Gasteiger partial charge in [-0.2, -0.15) is 4.31 Å². The van der Waals surface area contributed by atoms with Crippen LogP contribution >= 0.6 is 0 Å². The highest BCUT2D eigenvalue weighted by Gasteiger charge is 2.34. The third-order valence-corrected chi connectivity index (χ3v) is 6.17. The van der Waals surface area contributed by atoms with E-state index in [-0.39, 0.29) is 18.0 Å². The molecule has 0 aliphatic carbocycles. The van der Waals surface area contributed by atoms with Crippen LogP contribution in [0.15, 0.2) is 53.7 Å². The zero-order valence-electron chi connectivity index (χ0n) is 16.4. The highest BCUT2D eigenvalue weighted by Crippen LogP contribution is 2.23. The van der Waals surface area contributed by atoms with Gasteiger partial charge in [0, 0.05) is 18.9 Å². The van der Waals surface area contributed by atoms with E-state index in [1.165, 1.54) is 26.2 Å². The Morgan fingerprint density at radius 1 is 1.21 bits per heavy atom. The first-order valence-electron chi connectivity index (χ1n) is 9.11. The molecule has 7 nitrogen and oxygen atoms in total. The monoisotopic (exact) mass is 406 g/mol. The van der Waals surface area contributed by atoms with Crippen LogP contribution < -0.4 is 4.74 Å². The number of ether oxygens (including phenoxy) is 2. The number of nitrogens with zero attached hydrogens (tertiary/aromatic N) is 2. The van der Waals surface area contributed by atoms with Crippen molar-refractivity contribution in [2.24, 2.45) is 0 Å². The second kappa shape index (κ2) is 10.2. The van der Waals surface area contributed by atoms with Crippen LogP contribution in [-0.2, 0) is 26.1 Å². The van der Waals surface area contributed by atoms with E-state index in [0.29, 0.717) is 11.3 Å². The van der Waals surface area contributed by atoms with Crippen molar-refractivity contribution in [1.82, 2.24) is 9.29 Å². The zero-order chi connectivity index (χ0) is 20.6. The van der Waals surface area contributed by atoms with Gasteiger partial charge in [0.2, 0.25) is 10.0 Å². The first-order chi connectivity index (χ1) is 13.4. The lowest BCUT2D eigenvalue weighted by Crippen LogP contribution is -2.43. The fourth-order valence-electron chi connectivity index (χ4n) is 2.54. The summed E-state index contributed by atoms with van der Waals surface area (Å²) in [5.41, 5.74) is 0.674. The molecule has 1 atom stereocenters. The predicted molar refractivity (Wildman–Crippen MR) is 105 cm³/mol. The van der Waals surface area contributed by atoms with Crippen LogP contribution in [0.1, 0.15) is 32.3 Å². The maximum atomic E-state index is 13.3. The Hall–Kier alpha value is -2.45. The number of esters is 1. The Bertz CT molecular complexity index is 854. The Kier molecular flexibility index (Phi) is 7.95. The first-order valence-corrected chi connectivity index (χ1v) is 10.6. The van der Waals surface area contributed by atoms with Crippen molar-refractivity contribution in [1.29, 1.82) is 0 Å². The van der Waals surface area contributed by atoms with Crippen molar-refractivity contribution < 1.29 is 22.7 Å². The molecular formula is C20H26N2O5S. The summed E-state index contributed by atoms with van der Waals surface area (Å²) in [6.07, 6.45) is 4.79. The minimum Gasteiger partial charge on any atom is -0.497 e. The Morgan fingerprint density at radius 2 is 1.93 bits per heavy atom. The molecule has 0 aliphatic heterocycles. The Labute approximate surface area is 166 Å². The molecule has 0 saturated heterocycles. The zero-order valence-corrected chi connectivity index (χ0v) is 17.2. The minimum absolute atomic E-state index is 0.00620. The van der Waals surface area contributed by atoms with Crippen LogP contribution in [0.5, 0.6) is 5.75 Å². The van der Waals surface area contributed by atoms with E-state index in [4.69, 9.17) is 9.47 Å². The molecule has 0 N–H and O–H groups in total. The Morgan fingerprint density at radius 3 is 2.50 bits per heavy atom. The number of hydrogen-bond donors (Lipinski definition) is 0. The van der Waals surface area contributed by atoms with Crippen LogP contribution in [0.4, 0.5) is 0 Å². The number of methoxy groups -OCH3 is 1. The maximum absolute atomic E-state index is 13.3. The van der Waals surface area contributed by atoms with Crippen LogP contribution in [0.2, 0.25) is 0 Å². The third kappa shape index (κ3) is 5.53. The van der Waals surface area contributed by atoms with E-state index in [1.807, 2.05) is 6.92 Å². The number of sulfonamides is 1. The first kappa shape index (κ1) is 21.8. The van der Waals surface area contributed by atoms with Crippen LogP contribution in [-0.4, -0.2) is 43.4 Å². The number of hydrogen-bond acceptors (Lipinski definition) is 6. The van der Waals surface area contributed by atoms with Gasteiger partial charge >= 0.3 is 5.97 Å². The third-order valence-electron chi connectivity index (χ3n) is 4.24. The van der Waals surface area contributed by atoms with Gasteiger partial charge in [0.05, 0.1) is 18.6 Å². The van der Waals surface area contributed by atoms with Crippen LogP contribution in [0.25, 0.3) is 0 Å². The lowest BCUT2D eigenvalue weighted by atomic mass is 10.2. The molecule has 0 saturated carbocycles. The van der Waals surface area contributed by atoms with Gasteiger partial charge in [-0.1, -0.05) is 19.4 Å². The second-order valence-corrected chi connectivity index (χ2v) is 8.17. The number of carbonyl (C=O) groups is 1. The highest BCUT2D eigenvalue weighted by molar-refractivity contribution is 7.89. The molecule has 2 aromatic rings. The molecule has 2 rings (SSSR count). The fourth-order valence-corrected chi connectivity index (χ4v) is 4.11. The quantitative estimate of drug-likeness (QED) is 0.445. The second-order valence-electron chi connectivity index (χ2n) is 6.28. The predicted octanol–water partition coefficient (Wildman–Crippen LogP) is 3.01. The van der Waals surface area contributed by atoms with Crippen molar-refractivity contribution in [3.8, 4) is 5.75 Å². The molecule has 1 aromatic carbocycles. The summed E-state index contributed by atoms with van der Waals surface area (Å²) in [5, 5.41) is 0. The minimum atomic E-state index is -3.95. The normalized spacial score (nSPS) is 12.6. The van der Waals surface area contributed by atoms with Gasteiger partial charge in [0.15, 0.2) is 0 Å². The lowest BCUT2D eigenvalue weighted by molar-refractivity contribution is -0.147. The summed E-state index contributed by atoms with van der Waals surface area (Å²) < 4.78 is 38.0. The number of pyridine rings is 1. The summed E-state index contributed by atoms with van der Waals surface area (Å²) in [4.78, 5) is 16.6. The van der Waals surface area contributed by atoms with Gasteiger partial charge in [0.1, 0.15) is 11.8 Å². The molecule has 1 heterocycles. The molecule has 0 radical (unpaired) electrons. The maximum Gasteiger partial charge on any atom is 0.324 e. The van der Waals surface area contributed by atoms with Crippen LogP contribution in [0, 0.1) is 0 Å². The van der Waals surface area contributed by atoms with E-state index < -0.39 is 22.0 Å².